The fourth-order valence-corrected chi connectivity index (χ4v) is 5.11. The number of aromatic nitrogens is 2. The maximum atomic E-state index is 13.2. The second kappa shape index (κ2) is 12.3. The van der Waals surface area contributed by atoms with Gasteiger partial charge >= 0.3 is 6.01 Å². The number of rotatable bonds is 9. The molecule has 0 saturated carbocycles. The molecule has 1 N–H and O–H groups in total. The topological polar surface area (TPSA) is 87.0 Å². The van der Waals surface area contributed by atoms with Crippen LogP contribution in [0.3, 0.4) is 0 Å². The number of anilines is 2. The van der Waals surface area contributed by atoms with Gasteiger partial charge in [0.1, 0.15) is 11.6 Å². The summed E-state index contributed by atoms with van der Waals surface area (Å²) in [6.45, 7) is 6.74. The molecule has 2 aliphatic rings. The van der Waals surface area contributed by atoms with Gasteiger partial charge in [0.05, 0.1) is 13.0 Å². The van der Waals surface area contributed by atoms with Crippen LogP contribution in [-0.4, -0.2) is 80.4 Å². The third kappa shape index (κ3) is 6.42. The van der Waals surface area contributed by atoms with Crippen LogP contribution in [0, 0.1) is 11.7 Å². The number of benzene rings is 2. The van der Waals surface area contributed by atoms with Crippen molar-refractivity contribution < 1.29 is 18.4 Å². The lowest BCUT2D eigenvalue weighted by molar-refractivity contribution is -0.125. The molecule has 2 fully saturated rings. The molecule has 202 valence electrons. The molecule has 2 aliphatic heterocycles. The Morgan fingerprint density at radius 3 is 2.55 bits per heavy atom. The number of halogens is 1. The number of methoxy groups -OCH3 is 1. The van der Waals surface area contributed by atoms with E-state index in [9.17, 15) is 9.18 Å². The first kappa shape index (κ1) is 26.0. The first-order valence-corrected chi connectivity index (χ1v) is 13.3. The van der Waals surface area contributed by atoms with E-state index in [0.717, 1.165) is 75.5 Å². The second-order valence-corrected chi connectivity index (χ2v) is 9.86. The average Bonchev–Trinajstić information content (AvgIpc) is 3.47. The summed E-state index contributed by atoms with van der Waals surface area (Å²) in [5.41, 5.74) is 1.92. The summed E-state index contributed by atoms with van der Waals surface area (Å²) in [6, 6.07) is 14.7. The molecule has 0 radical (unpaired) electrons. The van der Waals surface area contributed by atoms with E-state index in [4.69, 9.17) is 9.26 Å². The van der Waals surface area contributed by atoms with Gasteiger partial charge < -0.3 is 24.4 Å². The van der Waals surface area contributed by atoms with Crippen LogP contribution < -0.4 is 19.9 Å². The minimum atomic E-state index is -0.205. The molecular weight excluding hydrogens is 487 g/mol. The molecule has 3 heterocycles. The van der Waals surface area contributed by atoms with Gasteiger partial charge in [-0.05, 0) is 74.3 Å². The molecule has 1 atom stereocenters. The van der Waals surface area contributed by atoms with Gasteiger partial charge in [0.15, 0.2) is 0 Å². The minimum absolute atomic E-state index is 0.0886. The van der Waals surface area contributed by atoms with E-state index in [0.29, 0.717) is 24.9 Å². The van der Waals surface area contributed by atoms with Crippen LogP contribution in [0.5, 0.6) is 5.75 Å². The van der Waals surface area contributed by atoms with Crippen LogP contribution in [0.15, 0.2) is 53.1 Å². The predicted octanol–water partition coefficient (Wildman–Crippen LogP) is 3.43. The monoisotopic (exact) mass is 522 g/mol. The molecule has 1 unspecified atom stereocenters. The van der Waals surface area contributed by atoms with E-state index in [-0.39, 0.29) is 17.6 Å². The van der Waals surface area contributed by atoms with Crippen molar-refractivity contribution in [3.63, 3.8) is 0 Å². The molecule has 9 nitrogen and oxygen atoms in total. The van der Waals surface area contributed by atoms with E-state index < -0.39 is 0 Å². The van der Waals surface area contributed by atoms with E-state index in [1.54, 1.807) is 7.11 Å². The highest BCUT2D eigenvalue weighted by molar-refractivity contribution is 5.79. The first-order valence-electron chi connectivity index (χ1n) is 13.3. The standard InChI is InChI=1S/C28H35FN6O3/c1-37-25-11-5-21(6-12-25)26-31-28(38-32-26)35-15-2-4-22(20-35)27(36)30-13-3-14-33-16-18-34(19-17-33)24-9-7-23(29)8-10-24/h5-12,22H,2-4,13-20H2,1H3,(H,30,36). The Kier molecular flexibility index (Phi) is 8.37. The largest absolute Gasteiger partial charge is 0.497 e. The van der Waals surface area contributed by atoms with Crippen molar-refractivity contribution in [2.75, 3.05) is 69.3 Å². The number of amides is 1. The normalized spacial score (nSPS) is 18.4. The molecule has 0 aliphatic carbocycles. The third-order valence-corrected chi connectivity index (χ3v) is 7.34. The summed E-state index contributed by atoms with van der Waals surface area (Å²) < 4.78 is 23.9. The Hall–Kier alpha value is -3.66. The summed E-state index contributed by atoms with van der Waals surface area (Å²) in [5.74, 6) is 1.08. The van der Waals surface area contributed by atoms with Crippen LogP contribution in [0.4, 0.5) is 16.1 Å². The maximum absolute atomic E-state index is 13.2. The lowest BCUT2D eigenvalue weighted by Crippen LogP contribution is -2.47. The van der Waals surface area contributed by atoms with Crippen LogP contribution in [0.1, 0.15) is 19.3 Å². The zero-order valence-corrected chi connectivity index (χ0v) is 21.8. The van der Waals surface area contributed by atoms with E-state index in [2.05, 4.69) is 25.3 Å². The quantitative estimate of drug-likeness (QED) is 0.428. The zero-order chi connectivity index (χ0) is 26.3. The van der Waals surface area contributed by atoms with Gasteiger partial charge in [-0.15, -0.1) is 0 Å². The molecule has 3 aromatic rings. The average molecular weight is 523 g/mol. The number of nitrogens with one attached hydrogen (secondary N) is 1. The number of hydrogen-bond donors (Lipinski definition) is 1. The van der Waals surface area contributed by atoms with E-state index in [1.807, 2.05) is 41.3 Å². The Balaban J connectivity index is 1.03. The van der Waals surface area contributed by atoms with Crippen molar-refractivity contribution in [3.8, 4) is 17.1 Å². The van der Waals surface area contributed by atoms with Crippen LogP contribution in [-0.2, 0) is 4.79 Å². The van der Waals surface area contributed by atoms with Gasteiger partial charge in [0.25, 0.3) is 0 Å². The molecular formula is C28H35FN6O3. The van der Waals surface area contributed by atoms with E-state index in [1.165, 1.54) is 12.1 Å². The summed E-state index contributed by atoms with van der Waals surface area (Å²) >= 11 is 0. The van der Waals surface area contributed by atoms with Crippen molar-refractivity contribution in [1.29, 1.82) is 0 Å². The highest BCUT2D eigenvalue weighted by Crippen LogP contribution is 2.26. The van der Waals surface area contributed by atoms with Gasteiger partial charge in [-0.1, -0.05) is 5.16 Å². The van der Waals surface area contributed by atoms with Gasteiger partial charge in [0.2, 0.25) is 11.7 Å². The number of carbonyl (C=O) groups excluding carboxylic acids is 1. The number of piperazine rings is 1. The lowest BCUT2D eigenvalue weighted by atomic mass is 9.97. The molecule has 0 spiro atoms. The summed E-state index contributed by atoms with van der Waals surface area (Å²) in [4.78, 5) is 24.1. The molecule has 38 heavy (non-hydrogen) atoms. The fraction of sp³-hybridized carbons (Fsp3) is 0.464. The fourth-order valence-electron chi connectivity index (χ4n) is 5.11. The van der Waals surface area contributed by atoms with Gasteiger partial charge in [0, 0.05) is 57.1 Å². The molecule has 1 amide bonds. The summed E-state index contributed by atoms with van der Waals surface area (Å²) in [6.07, 6.45) is 2.66. The van der Waals surface area contributed by atoms with Gasteiger partial charge in [-0.3, -0.25) is 9.69 Å². The number of nitrogens with zero attached hydrogens (tertiary/aromatic N) is 5. The molecule has 2 aromatic carbocycles. The Morgan fingerprint density at radius 1 is 1.05 bits per heavy atom. The maximum Gasteiger partial charge on any atom is 0.324 e. The van der Waals surface area contributed by atoms with Crippen molar-refractivity contribution in [3.05, 3.63) is 54.3 Å². The number of piperidine rings is 1. The van der Waals surface area contributed by atoms with Crippen LogP contribution in [0.25, 0.3) is 11.4 Å². The molecule has 1 aromatic heterocycles. The Labute approximate surface area is 222 Å². The number of carbonyl (C=O) groups is 1. The molecule has 10 heteroatoms. The van der Waals surface area contributed by atoms with Crippen molar-refractivity contribution in [1.82, 2.24) is 20.4 Å². The van der Waals surface area contributed by atoms with Crippen molar-refractivity contribution >= 4 is 17.6 Å². The van der Waals surface area contributed by atoms with Crippen LogP contribution >= 0.6 is 0 Å². The second-order valence-electron chi connectivity index (χ2n) is 9.86. The van der Waals surface area contributed by atoms with E-state index >= 15 is 0 Å². The highest BCUT2D eigenvalue weighted by atomic mass is 19.1. The number of hydrogen-bond acceptors (Lipinski definition) is 8. The van der Waals surface area contributed by atoms with Crippen LogP contribution in [0.2, 0.25) is 0 Å². The SMILES string of the molecule is COc1ccc(-c2noc(N3CCCC(C(=O)NCCCN4CCN(c5ccc(F)cc5)CC4)C3)n2)cc1. The zero-order valence-electron chi connectivity index (χ0n) is 21.8. The predicted molar refractivity (Wildman–Crippen MR) is 144 cm³/mol. The lowest BCUT2D eigenvalue weighted by Gasteiger charge is -2.36. The smallest absolute Gasteiger partial charge is 0.324 e. The molecule has 0 bridgehead atoms. The number of ether oxygens (including phenoxy) is 1. The summed E-state index contributed by atoms with van der Waals surface area (Å²) in [7, 11) is 1.63. The molecule has 2 saturated heterocycles. The first-order chi connectivity index (χ1) is 18.6. The van der Waals surface area contributed by atoms with Crippen molar-refractivity contribution in [2.24, 2.45) is 5.92 Å². The van der Waals surface area contributed by atoms with Gasteiger partial charge in [-0.2, -0.15) is 4.98 Å². The Bertz CT molecular complexity index is 1180. The molecule has 5 rings (SSSR count). The minimum Gasteiger partial charge on any atom is -0.497 e. The van der Waals surface area contributed by atoms with Gasteiger partial charge in [-0.25, -0.2) is 4.39 Å². The third-order valence-electron chi connectivity index (χ3n) is 7.34. The summed E-state index contributed by atoms with van der Waals surface area (Å²) in [5, 5.41) is 7.25. The highest BCUT2D eigenvalue weighted by Gasteiger charge is 2.28. The Morgan fingerprint density at radius 2 is 1.82 bits per heavy atom. The van der Waals surface area contributed by atoms with Crippen molar-refractivity contribution in [2.45, 2.75) is 19.3 Å².